The number of carbonyl (C=O) groups is 1. The molecule has 0 heterocycles. The van der Waals surface area contributed by atoms with Gasteiger partial charge in [-0.1, -0.05) is 36.4 Å². The van der Waals surface area contributed by atoms with Gasteiger partial charge in [0, 0.05) is 12.8 Å². The van der Waals surface area contributed by atoms with Crippen molar-refractivity contribution in [2.45, 2.75) is 20.0 Å². The highest BCUT2D eigenvalue weighted by Crippen LogP contribution is 2.13. The highest BCUT2D eigenvalue weighted by atomic mass is 16.5. The van der Waals surface area contributed by atoms with E-state index < -0.39 is 0 Å². The van der Waals surface area contributed by atoms with Crippen LogP contribution in [0.4, 0.5) is 5.69 Å². The van der Waals surface area contributed by atoms with Crippen molar-refractivity contribution in [2.24, 2.45) is 0 Å². The third kappa shape index (κ3) is 3.93. The molecular weight excluding hydrogens is 250 g/mol. The Bertz CT molecular complexity index is 593. The molecule has 1 amide bonds. The predicted molar refractivity (Wildman–Crippen MR) is 80.7 cm³/mol. The van der Waals surface area contributed by atoms with Gasteiger partial charge in [-0.05, 0) is 35.7 Å². The monoisotopic (exact) mass is 269 g/mol. The minimum atomic E-state index is -0.00568. The fourth-order valence-corrected chi connectivity index (χ4v) is 2.09. The first-order valence-electron chi connectivity index (χ1n) is 6.61. The van der Waals surface area contributed by atoms with Gasteiger partial charge in [0.1, 0.15) is 0 Å². The van der Waals surface area contributed by atoms with Crippen molar-refractivity contribution in [1.29, 1.82) is 0 Å². The third-order valence-corrected chi connectivity index (χ3v) is 3.13. The zero-order valence-corrected chi connectivity index (χ0v) is 11.8. The van der Waals surface area contributed by atoms with E-state index in [1.54, 1.807) is 7.11 Å². The van der Waals surface area contributed by atoms with Crippen LogP contribution in [0.5, 0.6) is 0 Å². The number of anilines is 1. The molecule has 0 aliphatic heterocycles. The van der Waals surface area contributed by atoms with Crippen molar-refractivity contribution in [3.63, 3.8) is 0 Å². The minimum absolute atomic E-state index is 0.00568. The molecule has 0 radical (unpaired) electrons. The molecule has 1 N–H and O–H groups in total. The zero-order valence-electron chi connectivity index (χ0n) is 11.8. The van der Waals surface area contributed by atoms with Gasteiger partial charge in [-0.2, -0.15) is 0 Å². The average molecular weight is 269 g/mol. The van der Waals surface area contributed by atoms with Gasteiger partial charge in [0.15, 0.2) is 0 Å². The third-order valence-electron chi connectivity index (χ3n) is 3.13. The molecule has 0 fully saturated rings. The topological polar surface area (TPSA) is 38.3 Å². The minimum Gasteiger partial charge on any atom is -0.380 e. The summed E-state index contributed by atoms with van der Waals surface area (Å²) in [5.74, 6) is -0.00568. The number of methoxy groups -OCH3 is 1. The van der Waals surface area contributed by atoms with Gasteiger partial charge in [-0.25, -0.2) is 0 Å². The van der Waals surface area contributed by atoms with Crippen molar-refractivity contribution < 1.29 is 9.53 Å². The van der Waals surface area contributed by atoms with Crippen molar-refractivity contribution in [1.82, 2.24) is 0 Å². The summed E-state index contributed by atoms with van der Waals surface area (Å²) < 4.78 is 5.09. The van der Waals surface area contributed by atoms with Crippen LogP contribution in [0.1, 0.15) is 16.7 Å². The normalized spacial score (nSPS) is 10.3. The molecule has 0 spiro atoms. The van der Waals surface area contributed by atoms with Crippen LogP contribution < -0.4 is 5.32 Å². The lowest BCUT2D eigenvalue weighted by Gasteiger charge is -2.08. The second kappa shape index (κ2) is 6.87. The lowest BCUT2D eigenvalue weighted by atomic mass is 10.1. The van der Waals surface area contributed by atoms with E-state index in [2.05, 4.69) is 5.32 Å². The molecule has 0 saturated carbocycles. The van der Waals surface area contributed by atoms with Gasteiger partial charge >= 0.3 is 0 Å². The number of benzene rings is 2. The molecule has 3 nitrogen and oxygen atoms in total. The van der Waals surface area contributed by atoms with Crippen molar-refractivity contribution >= 4 is 11.6 Å². The molecule has 0 aliphatic rings. The summed E-state index contributed by atoms with van der Waals surface area (Å²) in [5, 5.41) is 2.92. The van der Waals surface area contributed by atoms with Gasteiger partial charge in [-0.15, -0.1) is 0 Å². The van der Waals surface area contributed by atoms with Crippen LogP contribution in [0.15, 0.2) is 48.5 Å². The van der Waals surface area contributed by atoms with Crippen molar-refractivity contribution in [3.05, 3.63) is 65.2 Å². The molecule has 2 rings (SSSR count). The molecule has 3 heteroatoms. The van der Waals surface area contributed by atoms with Crippen LogP contribution in [0, 0.1) is 6.92 Å². The highest BCUT2D eigenvalue weighted by molar-refractivity contribution is 5.92. The second-order valence-corrected chi connectivity index (χ2v) is 4.78. The molecule has 0 aromatic heterocycles. The van der Waals surface area contributed by atoms with Gasteiger partial charge in [-0.3, -0.25) is 4.79 Å². The van der Waals surface area contributed by atoms with Gasteiger partial charge in [0.25, 0.3) is 0 Å². The molecule has 0 saturated heterocycles. The van der Waals surface area contributed by atoms with Gasteiger partial charge in [0.05, 0.1) is 13.0 Å². The lowest BCUT2D eigenvalue weighted by molar-refractivity contribution is -0.115. The summed E-state index contributed by atoms with van der Waals surface area (Å²) in [6, 6.07) is 15.6. The van der Waals surface area contributed by atoms with E-state index in [0.717, 1.165) is 22.4 Å². The van der Waals surface area contributed by atoms with E-state index in [1.165, 1.54) is 0 Å². The number of carbonyl (C=O) groups excluding carboxylic acids is 1. The maximum absolute atomic E-state index is 12.1. The van der Waals surface area contributed by atoms with Crippen LogP contribution in [0.25, 0.3) is 0 Å². The first-order valence-corrected chi connectivity index (χ1v) is 6.61. The summed E-state index contributed by atoms with van der Waals surface area (Å²) >= 11 is 0. The second-order valence-electron chi connectivity index (χ2n) is 4.78. The number of nitrogens with one attached hydrogen (secondary N) is 1. The van der Waals surface area contributed by atoms with Crippen molar-refractivity contribution in [2.75, 3.05) is 12.4 Å². The molecular formula is C17H19NO2. The standard InChI is InChI=1S/C17H19NO2/c1-13-6-3-4-8-15(13)11-17(19)18-16-9-5-7-14(10-16)12-20-2/h3-10H,11-12H2,1-2H3,(H,18,19). The molecule has 0 aliphatic carbocycles. The first-order chi connectivity index (χ1) is 9.69. The lowest BCUT2D eigenvalue weighted by Crippen LogP contribution is -2.15. The summed E-state index contributed by atoms with van der Waals surface area (Å²) in [7, 11) is 1.66. The van der Waals surface area contributed by atoms with E-state index in [4.69, 9.17) is 4.74 Å². The van der Waals surface area contributed by atoms with Gasteiger partial charge < -0.3 is 10.1 Å². The number of hydrogen-bond donors (Lipinski definition) is 1. The molecule has 20 heavy (non-hydrogen) atoms. The summed E-state index contributed by atoms with van der Waals surface area (Å²) in [6.07, 6.45) is 0.390. The molecule has 0 unspecified atom stereocenters. The van der Waals surface area contributed by atoms with E-state index in [-0.39, 0.29) is 5.91 Å². The van der Waals surface area contributed by atoms with Crippen LogP contribution in [0.3, 0.4) is 0 Å². The van der Waals surface area contributed by atoms with Crippen LogP contribution in [-0.4, -0.2) is 13.0 Å². The number of rotatable bonds is 5. The van der Waals surface area contributed by atoms with Crippen LogP contribution >= 0.6 is 0 Å². The number of aryl methyl sites for hydroxylation is 1. The smallest absolute Gasteiger partial charge is 0.228 e. The Morgan fingerprint density at radius 2 is 1.95 bits per heavy atom. The average Bonchev–Trinajstić information content (AvgIpc) is 2.42. The SMILES string of the molecule is COCc1cccc(NC(=O)Cc2ccccc2C)c1. The molecule has 2 aromatic carbocycles. The first kappa shape index (κ1) is 14.3. The largest absolute Gasteiger partial charge is 0.380 e. The summed E-state index contributed by atoms with van der Waals surface area (Å²) in [6.45, 7) is 2.56. The molecule has 0 bridgehead atoms. The fraction of sp³-hybridized carbons (Fsp3) is 0.235. The summed E-state index contributed by atoms with van der Waals surface area (Å²) in [5.41, 5.74) is 4.04. The van der Waals surface area contributed by atoms with E-state index in [1.807, 2.05) is 55.5 Å². The molecule has 2 aromatic rings. The Hall–Kier alpha value is -2.13. The van der Waals surface area contributed by atoms with E-state index in [9.17, 15) is 4.79 Å². The number of ether oxygens (including phenoxy) is 1. The Kier molecular flexibility index (Phi) is 4.91. The predicted octanol–water partition coefficient (Wildman–Crippen LogP) is 3.32. The number of amides is 1. The summed E-state index contributed by atoms with van der Waals surface area (Å²) in [4.78, 5) is 12.1. The Morgan fingerprint density at radius 1 is 1.15 bits per heavy atom. The molecule has 0 atom stereocenters. The fourth-order valence-electron chi connectivity index (χ4n) is 2.09. The van der Waals surface area contributed by atoms with Gasteiger partial charge in [0.2, 0.25) is 5.91 Å². The highest BCUT2D eigenvalue weighted by Gasteiger charge is 2.06. The quantitative estimate of drug-likeness (QED) is 0.904. The van der Waals surface area contributed by atoms with Crippen molar-refractivity contribution in [3.8, 4) is 0 Å². The zero-order chi connectivity index (χ0) is 14.4. The maximum Gasteiger partial charge on any atom is 0.228 e. The molecule has 104 valence electrons. The maximum atomic E-state index is 12.1. The Balaban J connectivity index is 2.01. The van der Waals surface area contributed by atoms with E-state index in [0.29, 0.717) is 13.0 Å². The van der Waals surface area contributed by atoms with E-state index >= 15 is 0 Å². The Labute approximate surface area is 119 Å². The van der Waals surface area contributed by atoms with Crippen LogP contribution in [0.2, 0.25) is 0 Å². The van der Waals surface area contributed by atoms with Crippen LogP contribution in [-0.2, 0) is 22.6 Å². The Morgan fingerprint density at radius 3 is 2.70 bits per heavy atom. The number of hydrogen-bond acceptors (Lipinski definition) is 2.